The average molecular weight is 276 g/mol. The fourth-order valence-corrected chi connectivity index (χ4v) is 1.74. The van der Waals surface area contributed by atoms with Gasteiger partial charge in [0.1, 0.15) is 0 Å². The molecule has 0 spiro atoms. The van der Waals surface area contributed by atoms with Crippen molar-refractivity contribution in [3.63, 3.8) is 0 Å². The van der Waals surface area contributed by atoms with Gasteiger partial charge in [0.2, 0.25) is 11.7 Å². The summed E-state index contributed by atoms with van der Waals surface area (Å²) in [6.45, 7) is 0.672. The number of hydrogen-bond donors (Lipinski definition) is 1. The van der Waals surface area contributed by atoms with E-state index in [1.54, 1.807) is 30.3 Å². The average Bonchev–Trinajstić information content (AvgIpc) is 2.43. The van der Waals surface area contributed by atoms with Crippen molar-refractivity contribution in [3.05, 3.63) is 46.5 Å². The van der Waals surface area contributed by atoms with E-state index in [4.69, 9.17) is 4.74 Å². The molecule has 104 valence electrons. The van der Waals surface area contributed by atoms with Gasteiger partial charge in [0.05, 0.1) is 4.92 Å². The van der Waals surface area contributed by atoms with Crippen LogP contribution in [0.15, 0.2) is 36.4 Å². The van der Waals surface area contributed by atoms with E-state index >= 15 is 0 Å². The molecular weight excluding hydrogens is 264 g/mol. The predicted octanol–water partition coefficient (Wildman–Crippen LogP) is 2.32. The highest BCUT2D eigenvalue weighted by atomic mass is 16.6. The van der Waals surface area contributed by atoms with Gasteiger partial charge in [0.25, 0.3) is 0 Å². The van der Waals surface area contributed by atoms with Gasteiger partial charge < -0.3 is 4.74 Å². The first-order valence-electron chi connectivity index (χ1n) is 5.76. The number of nitrogens with zero attached hydrogens (tertiary/aromatic N) is 2. The Kier molecular flexibility index (Phi) is 3.81. The molecule has 0 atom stereocenters. The first-order valence-corrected chi connectivity index (χ1v) is 5.76. The van der Waals surface area contributed by atoms with Crippen LogP contribution in [0, 0.1) is 10.1 Å². The van der Waals surface area contributed by atoms with E-state index in [0.29, 0.717) is 10.4 Å². The minimum Gasteiger partial charge on any atom is -0.463 e. The number of nitro benzene ring substituents is 1. The molecule has 7 heteroatoms. The van der Waals surface area contributed by atoms with E-state index in [1.807, 2.05) is 0 Å². The number of carbonyl (C=O) groups excluding carboxylic acids is 1. The van der Waals surface area contributed by atoms with Crippen LogP contribution in [0.25, 0.3) is 10.8 Å². The lowest BCUT2D eigenvalue weighted by molar-refractivity contribution is -0.385. The zero-order chi connectivity index (χ0) is 14.7. The number of hydroxylamine groups is 2. The fourth-order valence-electron chi connectivity index (χ4n) is 1.74. The summed E-state index contributed by atoms with van der Waals surface area (Å²) in [6.07, 6.45) is 0. The molecular formula is C13H12N2O5. The lowest BCUT2D eigenvalue weighted by Gasteiger charge is -2.15. The maximum Gasteiger partial charge on any atom is 0.311 e. The van der Waals surface area contributed by atoms with E-state index in [0.717, 1.165) is 12.3 Å². The smallest absolute Gasteiger partial charge is 0.311 e. The lowest BCUT2D eigenvalue weighted by atomic mass is 10.1. The number of hydrogen-bond acceptors (Lipinski definition) is 5. The van der Waals surface area contributed by atoms with Gasteiger partial charge in [-0.3, -0.25) is 20.1 Å². The molecule has 2 aromatic carbocycles. The topological polar surface area (TPSA) is 92.9 Å². The Morgan fingerprint density at radius 2 is 2.05 bits per heavy atom. The molecule has 20 heavy (non-hydrogen) atoms. The molecule has 0 fully saturated rings. The van der Waals surface area contributed by atoms with Crippen molar-refractivity contribution in [1.29, 1.82) is 0 Å². The summed E-state index contributed by atoms with van der Waals surface area (Å²) in [7, 11) is 0. The van der Waals surface area contributed by atoms with Crippen molar-refractivity contribution < 1.29 is 19.7 Å². The Hall–Kier alpha value is -2.67. The normalized spacial score (nSPS) is 10.3. The molecule has 0 saturated heterocycles. The largest absolute Gasteiger partial charge is 0.463 e. The van der Waals surface area contributed by atoms with Crippen LogP contribution >= 0.6 is 0 Å². The Bertz CT molecular complexity index is 671. The molecule has 0 aliphatic rings. The molecule has 0 saturated carbocycles. The van der Waals surface area contributed by atoms with E-state index in [2.05, 4.69) is 0 Å². The van der Waals surface area contributed by atoms with Crippen molar-refractivity contribution >= 4 is 22.4 Å². The number of nitro groups is 1. The highest BCUT2D eigenvalue weighted by Crippen LogP contribution is 2.35. The van der Waals surface area contributed by atoms with Gasteiger partial charge in [-0.15, -0.1) is 0 Å². The van der Waals surface area contributed by atoms with E-state index < -0.39 is 17.6 Å². The third-order valence-electron chi connectivity index (χ3n) is 2.75. The zero-order valence-corrected chi connectivity index (χ0v) is 10.6. The summed E-state index contributed by atoms with van der Waals surface area (Å²) < 4.78 is 5.25. The molecule has 2 aromatic rings. The quantitative estimate of drug-likeness (QED) is 0.400. The fraction of sp³-hybridized carbons (Fsp3) is 0.154. The van der Waals surface area contributed by atoms with Gasteiger partial charge in [-0.1, -0.05) is 24.3 Å². The molecule has 1 N–H and O–H groups in total. The number of carbonyl (C=O) groups is 1. The van der Waals surface area contributed by atoms with Gasteiger partial charge >= 0.3 is 5.69 Å². The third-order valence-corrected chi connectivity index (χ3v) is 2.75. The second-order valence-corrected chi connectivity index (χ2v) is 4.08. The Morgan fingerprint density at radius 3 is 2.70 bits per heavy atom. The van der Waals surface area contributed by atoms with Crippen molar-refractivity contribution in [2.45, 2.75) is 6.92 Å². The Balaban J connectivity index is 2.44. The van der Waals surface area contributed by atoms with E-state index in [1.165, 1.54) is 6.07 Å². The lowest BCUT2D eigenvalue weighted by Crippen LogP contribution is -2.29. The first-order chi connectivity index (χ1) is 9.50. The zero-order valence-electron chi connectivity index (χ0n) is 10.6. The Labute approximate surface area is 114 Å². The second-order valence-electron chi connectivity index (χ2n) is 4.08. The molecule has 7 nitrogen and oxygen atoms in total. The van der Waals surface area contributed by atoms with Gasteiger partial charge in [0.15, 0.2) is 6.73 Å². The summed E-state index contributed by atoms with van der Waals surface area (Å²) in [6, 6.07) is 9.92. The van der Waals surface area contributed by atoms with Gasteiger partial charge in [0, 0.05) is 18.4 Å². The molecule has 2 rings (SSSR count). The maximum atomic E-state index is 11.0. The maximum absolute atomic E-state index is 11.0. The molecule has 0 heterocycles. The minimum absolute atomic E-state index is 0.0217. The third kappa shape index (κ3) is 2.67. The van der Waals surface area contributed by atoms with Crippen molar-refractivity contribution in [2.75, 3.05) is 6.73 Å². The molecule has 1 amide bonds. The Morgan fingerprint density at radius 1 is 1.35 bits per heavy atom. The van der Waals surface area contributed by atoms with Crippen LogP contribution in [0.4, 0.5) is 5.69 Å². The second kappa shape index (κ2) is 5.54. The van der Waals surface area contributed by atoms with Crippen molar-refractivity contribution in [3.8, 4) is 5.75 Å². The molecule has 0 bridgehead atoms. The van der Waals surface area contributed by atoms with Gasteiger partial charge in [-0.2, -0.15) is 5.06 Å². The standard InChI is InChI=1S/C13H12N2O5/c1-9(16)14(17)8-20-13-11-5-3-2-4-10(11)6-7-12(13)15(18)19/h2-7,17H,8H2,1H3. The first kappa shape index (κ1) is 13.8. The number of rotatable bonds is 4. The minimum atomic E-state index is -0.618. The molecule has 0 aliphatic heterocycles. The summed E-state index contributed by atoms with van der Waals surface area (Å²) in [5.74, 6) is -0.596. The number of amides is 1. The molecule has 0 aliphatic carbocycles. The number of benzene rings is 2. The molecule has 0 aromatic heterocycles. The highest BCUT2D eigenvalue weighted by molar-refractivity contribution is 5.91. The predicted molar refractivity (Wildman–Crippen MR) is 70.4 cm³/mol. The molecule has 0 unspecified atom stereocenters. The van der Waals surface area contributed by atoms with E-state index in [9.17, 15) is 20.1 Å². The van der Waals surface area contributed by atoms with Crippen LogP contribution in [0.5, 0.6) is 5.75 Å². The van der Waals surface area contributed by atoms with Crippen molar-refractivity contribution in [2.24, 2.45) is 0 Å². The summed E-state index contributed by atoms with van der Waals surface area (Å²) in [5.41, 5.74) is -0.222. The molecule has 0 radical (unpaired) electrons. The summed E-state index contributed by atoms with van der Waals surface area (Å²) in [5, 5.41) is 21.9. The van der Waals surface area contributed by atoms with Gasteiger partial charge in [-0.25, -0.2) is 0 Å². The van der Waals surface area contributed by atoms with Crippen LogP contribution in [0.2, 0.25) is 0 Å². The van der Waals surface area contributed by atoms with Crippen LogP contribution in [0.3, 0.4) is 0 Å². The highest BCUT2D eigenvalue weighted by Gasteiger charge is 2.19. The van der Waals surface area contributed by atoms with Gasteiger partial charge in [-0.05, 0) is 11.5 Å². The van der Waals surface area contributed by atoms with E-state index in [-0.39, 0.29) is 11.4 Å². The van der Waals surface area contributed by atoms with Crippen LogP contribution in [-0.2, 0) is 4.79 Å². The monoisotopic (exact) mass is 276 g/mol. The van der Waals surface area contributed by atoms with Crippen LogP contribution in [-0.4, -0.2) is 27.8 Å². The van der Waals surface area contributed by atoms with Crippen LogP contribution in [0.1, 0.15) is 6.92 Å². The number of ether oxygens (including phenoxy) is 1. The van der Waals surface area contributed by atoms with Crippen molar-refractivity contribution in [1.82, 2.24) is 5.06 Å². The number of fused-ring (bicyclic) bond motifs is 1. The SMILES string of the molecule is CC(=O)N(O)COc1c([N+](=O)[O-])ccc2ccccc12. The summed E-state index contributed by atoms with van der Waals surface area (Å²) >= 11 is 0. The van der Waals surface area contributed by atoms with Crippen LogP contribution < -0.4 is 4.74 Å². The summed E-state index contributed by atoms with van der Waals surface area (Å²) in [4.78, 5) is 21.4.